The van der Waals surface area contributed by atoms with Gasteiger partial charge < -0.3 is 10.6 Å². The van der Waals surface area contributed by atoms with Gasteiger partial charge in [-0.15, -0.1) is 0 Å². The molecule has 1 unspecified atom stereocenters. The van der Waals surface area contributed by atoms with Gasteiger partial charge in [0.25, 0.3) is 0 Å². The first-order valence-electron chi connectivity index (χ1n) is 7.42. The average molecular weight is 239 g/mol. The zero-order chi connectivity index (χ0) is 12.3. The first kappa shape index (κ1) is 13.3. The van der Waals surface area contributed by atoms with Gasteiger partial charge in [-0.25, -0.2) is 0 Å². The van der Waals surface area contributed by atoms with Crippen LogP contribution < -0.4 is 5.73 Å². The van der Waals surface area contributed by atoms with E-state index in [1.165, 1.54) is 51.7 Å². The second kappa shape index (κ2) is 6.17. The highest BCUT2D eigenvalue weighted by Crippen LogP contribution is 2.25. The molecule has 2 fully saturated rings. The minimum absolute atomic E-state index is 0.666. The Bertz CT molecular complexity index is 222. The van der Waals surface area contributed by atoms with E-state index in [9.17, 15) is 0 Å². The van der Waals surface area contributed by atoms with Crippen molar-refractivity contribution in [2.75, 3.05) is 26.2 Å². The number of rotatable bonds is 3. The molecular weight excluding hydrogens is 210 g/mol. The van der Waals surface area contributed by atoms with E-state index in [0.717, 1.165) is 12.6 Å². The van der Waals surface area contributed by atoms with Gasteiger partial charge in [0.05, 0.1) is 0 Å². The molecule has 0 aliphatic carbocycles. The fourth-order valence-corrected chi connectivity index (χ4v) is 3.49. The van der Waals surface area contributed by atoms with Gasteiger partial charge in [0.1, 0.15) is 0 Å². The summed E-state index contributed by atoms with van der Waals surface area (Å²) in [5.41, 5.74) is 5.92. The average Bonchev–Trinajstić information content (AvgIpc) is 2.39. The lowest BCUT2D eigenvalue weighted by Gasteiger charge is -2.45. The summed E-state index contributed by atoms with van der Waals surface area (Å²) in [6, 6.07) is 2.18. The van der Waals surface area contributed by atoms with E-state index in [4.69, 9.17) is 5.73 Å². The molecule has 0 amide bonds. The van der Waals surface area contributed by atoms with Gasteiger partial charge in [-0.05, 0) is 59.2 Å². The van der Waals surface area contributed by atoms with E-state index < -0.39 is 0 Å². The molecule has 0 radical (unpaired) electrons. The van der Waals surface area contributed by atoms with E-state index in [1.54, 1.807) is 0 Å². The SMILES string of the molecule is CC(C)N1CCC(N2CCCCC2CN)CC1. The Morgan fingerprint density at radius 1 is 1.06 bits per heavy atom. The lowest BCUT2D eigenvalue weighted by atomic mass is 9.94. The number of piperidine rings is 2. The molecule has 0 saturated carbocycles. The summed E-state index contributed by atoms with van der Waals surface area (Å²) in [5.74, 6) is 0. The molecule has 2 aliphatic rings. The maximum absolute atomic E-state index is 5.92. The quantitative estimate of drug-likeness (QED) is 0.813. The standard InChI is InChI=1S/C14H29N3/c1-12(2)16-9-6-13(7-10-16)17-8-4-3-5-14(17)11-15/h12-14H,3-11,15H2,1-2H3. The molecule has 2 heterocycles. The maximum Gasteiger partial charge on any atom is 0.0221 e. The molecule has 0 aromatic rings. The van der Waals surface area contributed by atoms with Crippen molar-refractivity contribution >= 4 is 0 Å². The minimum Gasteiger partial charge on any atom is -0.329 e. The van der Waals surface area contributed by atoms with Gasteiger partial charge in [0, 0.05) is 24.7 Å². The lowest BCUT2D eigenvalue weighted by Crippen LogP contribution is -2.53. The third kappa shape index (κ3) is 3.21. The van der Waals surface area contributed by atoms with Crippen molar-refractivity contribution in [1.82, 2.24) is 9.80 Å². The van der Waals surface area contributed by atoms with Crippen LogP contribution in [-0.4, -0.2) is 54.1 Å². The van der Waals surface area contributed by atoms with Crippen molar-refractivity contribution in [3.05, 3.63) is 0 Å². The van der Waals surface area contributed by atoms with E-state index >= 15 is 0 Å². The highest BCUT2D eigenvalue weighted by Gasteiger charge is 2.30. The summed E-state index contributed by atoms with van der Waals surface area (Å²) in [6.45, 7) is 9.30. The molecule has 100 valence electrons. The highest BCUT2D eigenvalue weighted by molar-refractivity contribution is 4.87. The highest BCUT2D eigenvalue weighted by atomic mass is 15.2. The molecule has 0 spiro atoms. The van der Waals surface area contributed by atoms with Gasteiger partial charge in [-0.2, -0.15) is 0 Å². The van der Waals surface area contributed by atoms with Crippen LogP contribution in [0.5, 0.6) is 0 Å². The number of nitrogens with zero attached hydrogens (tertiary/aromatic N) is 2. The van der Waals surface area contributed by atoms with Gasteiger partial charge in [-0.3, -0.25) is 4.90 Å². The van der Waals surface area contributed by atoms with E-state index in [1.807, 2.05) is 0 Å². The van der Waals surface area contributed by atoms with Crippen LogP contribution >= 0.6 is 0 Å². The van der Waals surface area contributed by atoms with Crippen LogP contribution in [0.4, 0.5) is 0 Å². The van der Waals surface area contributed by atoms with Crippen LogP contribution in [0.3, 0.4) is 0 Å². The van der Waals surface area contributed by atoms with Crippen molar-refractivity contribution < 1.29 is 0 Å². The van der Waals surface area contributed by atoms with Crippen LogP contribution in [0.25, 0.3) is 0 Å². The Balaban J connectivity index is 1.86. The third-order valence-electron chi connectivity index (χ3n) is 4.64. The summed E-state index contributed by atoms with van der Waals surface area (Å²) in [5, 5.41) is 0. The Morgan fingerprint density at radius 3 is 2.35 bits per heavy atom. The van der Waals surface area contributed by atoms with Crippen LogP contribution in [0, 0.1) is 0 Å². The fraction of sp³-hybridized carbons (Fsp3) is 1.00. The first-order chi connectivity index (χ1) is 8.22. The molecule has 2 saturated heterocycles. The Labute approximate surface area is 106 Å². The van der Waals surface area contributed by atoms with E-state index in [-0.39, 0.29) is 0 Å². The van der Waals surface area contributed by atoms with Crippen LogP contribution in [-0.2, 0) is 0 Å². The molecule has 3 nitrogen and oxygen atoms in total. The summed E-state index contributed by atoms with van der Waals surface area (Å²) in [4.78, 5) is 5.33. The summed E-state index contributed by atoms with van der Waals surface area (Å²) in [6.07, 6.45) is 6.76. The monoisotopic (exact) mass is 239 g/mol. The van der Waals surface area contributed by atoms with Crippen molar-refractivity contribution in [2.24, 2.45) is 5.73 Å². The molecule has 0 aromatic carbocycles. The Kier molecular flexibility index (Phi) is 4.83. The number of hydrogen-bond donors (Lipinski definition) is 1. The first-order valence-corrected chi connectivity index (χ1v) is 7.42. The largest absolute Gasteiger partial charge is 0.329 e. The minimum atomic E-state index is 0.666. The number of hydrogen-bond acceptors (Lipinski definition) is 3. The number of nitrogens with two attached hydrogens (primary N) is 1. The maximum atomic E-state index is 5.92. The summed E-state index contributed by atoms with van der Waals surface area (Å²) >= 11 is 0. The Hall–Kier alpha value is -0.120. The zero-order valence-electron chi connectivity index (χ0n) is 11.6. The summed E-state index contributed by atoms with van der Waals surface area (Å²) in [7, 11) is 0. The van der Waals surface area contributed by atoms with Gasteiger partial charge >= 0.3 is 0 Å². The van der Waals surface area contributed by atoms with Crippen LogP contribution in [0.15, 0.2) is 0 Å². The normalized spacial score (nSPS) is 30.0. The van der Waals surface area contributed by atoms with Gasteiger partial charge in [0.15, 0.2) is 0 Å². The predicted molar refractivity (Wildman–Crippen MR) is 73.1 cm³/mol. The molecular formula is C14H29N3. The summed E-state index contributed by atoms with van der Waals surface area (Å²) < 4.78 is 0. The molecule has 3 heteroatoms. The molecule has 2 N–H and O–H groups in total. The second-order valence-corrected chi connectivity index (χ2v) is 5.98. The Morgan fingerprint density at radius 2 is 1.76 bits per heavy atom. The van der Waals surface area contributed by atoms with Crippen LogP contribution in [0.1, 0.15) is 46.0 Å². The topological polar surface area (TPSA) is 32.5 Å². The molecule has 1 atom stereocenters. The van der Waals surface area contributed by atoms with Gasteiger partial charge in [0.2, 0.25) is 0 Å². The van der Waals surface area contributed by atoms with Crippen molar-refractivity contribution in [3.8, 4) is 0 Å². The van der Waals surface area contributed by atoms with Crippen molar-refractivity contribution in [1.29, 1.82) is 0 Å². The second-order valence-electron chi connectivity index (χ2n) is 5.98. The van der Waals surface area contributed by atoms with Crippen molar-refractivity contribution in [3.63, 3.8) is 0 Å². The predicted octanol–water partition coefficient (Wildman–Crippen LogP) is 1.67. The molecule has 2 aliphatic heterocycles. The smallest absolute Gasteiger partial charge is 0.0221 e. The molecule has 17 heavy (non-hydrogen) atoms. The van der Waals surface area contributed by atoms with E-state index in [2.05, 4.69) is 23.6 Å². The fourth-order valence-electron chi connectivity index (χ4n) is 3.49. The third-order valence-corrected chi connectivity index (χ3v) is 4.64. The lowest BCUT2D eigenvalue weighted by molar-refractivity contribution is 0.0458. The number of likely N-dealkylation sites (tertiary alicyclic amines) is 2. The van der Waals surface area contributed by atoms with E-state index in [0.29, 0.717) is 12.1 Å². The van der Waals surface area contributed by atoms with Crippen molar-refractivity contribution in [2.45, 2.75) is 64.1 Å². The van der Waals surface area contributed by atoms with Gasteiger partial charge in [-0.1, -0.05) is 6.42 Å². The molecule has 0 bridgehead atoms. The van der Waals surface area contributed by atoms with Crippen LogP contribution in [0.2, 0.25) is 0 Å². The molecule has 2 rings (SSSR count). The zero-order valence-corrected chi connectivity index (χ0v) is 11.6. The molecule has 0 aromatic heterocycles.